The quantitative estimate of drug-likeness (QED) is 0.839. The van der Waals surface area contributed by atoms with E-state index >= 15 is 0 Å². The first-order chi connectivity index (χ1) is 9.08. The van der Waals surface area contributed by atoms with Gasteiger partial charge in [-0.3, -0.25) is 4.98 Å². The number of rotatable bonds is 3. The van der Waals surface area contributed by atoms with E-state index in [4.69, 9.17) is 11.6 Å². The number of benzene rings is 1. The van der Waals surface area contributed by atoms with Crippen LogP contribution in [0.2, 0.25) is 5.02 Å². The topological polar surface area (TPSA) is 16.1 Å². The molecule has 1 heterocycles. The third-order valence-corrected chi connectivity index (χ3v) is 3.04. The fourth-order valence-electron chi connectivity index (χ4n) is 1.60. The summed E-state index contributed by atoms with van der Waals surface area (Å²) in [5, 5.41) is 0.390. The fraction of sp³-hybridized carbons (Fsp3) is 0.133. The summed E-state index contributed by atoms with van der Waals surface area (Å²) in [6.07, 6.45) is 5.14. The molecule has 0 N–H and O–H groups in total. The van der Waals surface area contributed by atoms with Crippen molar-refractivity contribution < 1.29 is 4.39 Å². The summed E-state index contributed by atoms with van der Waals surface area (Å²) in [6.45, 7) is 0. The SMILES string of the molecule is CN(C)c1ccc(/C=C/c2c(F)cccc2Cl)nc1. The van der Waals surface area contributed by atoms with Crippen LogP contribution < -0.4 is 4.90 Å². The lowest BCUT2D eigenvalue weighted by atomic mass is 10.2. The van der Waals surface area contributed by atoms with Gasteiger partial charge >= 0.3 is 0 Å². The minimum absolute atomic E-state index is 0.339. The summed E-state index contributed by atoms with van der Waals surface area (Å²) in [6, 6.07) is 8.45. The first kappa shape index (κ1) is 13.6. The molecule has 2 rings (SSSR count). The van der Waals surface area contributed by atoms with Crippen LogP contribution in [0.5, 0.6) is 0 Å². The lowest BCUT2D eigenvalue weighted by Crippen LogP contribution is -2.08. The lowest BCUT2D eigenvalue weighted by molar-refractivity contribution is 0.625. The molecule has 0 fully saturated rings. The van der Waals surface area contributed by atoms with Crippen LogP contribution in [0.15, 0.2) is 36.5 Å². The Morgan fingerprint density at radius 3 is 2.53 bits per heavy atom. The van der Waals surface area contributed by atoms with Gasteiger partial charge < -0.3 is 4.90 Å². The first-order valence-electron chi connectivity index (χ1n) is 5.83. The fourth-order valence-corrected chi connectivity index (χ4v) is 1.83. The van der Waals surface area contributed by atoms with Crippen molar-refractivity contribution in [1.29, 1.82) is 0 Å². The highest BCUT2D eigenvalue weighted by molar-refractivity contribution is 6.32. The second-order valence-corrected chi connectivity index (χ2v) is 4.71. The Bertz CT molecular complexity index is 571. The molecule has 0 saturated heterocycles. The van der Waals surface area contributed by atoms with Crippen LogP contribution in [0, 0.1) is 5.82 Å². The zero-order valence-electron chi connectivity index (χ0n) is 10.8. The first-order valence-corrected chi connectivity index (χ1v) is 6.21. The minimum Gasteiger partial charge on any atom is -0.376 e. The summed E-state index contributed by atoms with van der Waals surface area (Å²) in [5.74, 6) is -0.339. The number of anilines is 1. The summed E-state index contributed by atoms with van der Waals surface area (Å²) in [7, 11) is 3.90. The van der Waals surface area contributed by atoms with Crippen LogP contribution in [-0.4, -0.2) is 19.1 Å². The average molecular weight is 277 g/mol. The third-order valence-electron chi connectivity index (χ3n) is 2.71. The number of halogens is 2. The van der Waals surface area contributed by atoms with Gasteiger partial charge in [-0.25, -0.2) is 4.39 Å². The minimum atomic E-state index is -0.339. The normalized spacial score (nSPS) is 10.9. The number of hydrogen-bond acceptors (Lipinski definition) is 2. The molecular formula is C15H14ClFN2. The van der Waals surface area contributed by atoms with Crippen molar-refractivity contribution in [1.82, 2.24) is 4.98 Å². The maximum atomic E-state index is 13.6. The Hall–Kier alpha value is -1.87. The zero-order valence-corrected chi connectivity index (χ0v) is 11.5. The predicted octanol–water partition coefficient (Wildman–Crippen LogP) is 4.11. The Labute approximate surface area is 117 Å². The maximum Gasteiger partial charge on any atom is 0.131 e. The van der Waals surface area contributed by atoms with Crippen molar-refractivity contribution in [3.8, 4) is 0 Å². The van der Waals surface area contributed by atoms with E-state index in [0.29, 0.717) is 10.6 Å². The molecule has 0 amide bonds. The number of hydrogen-bond donors (Lipinski definition) is 0. The van der Waals surface area contributed by atoms with Crippen molar-refractivity contribution in [3.05, 3.63) is 58.6 Å². The van der Waals surface area contributed by atoms with Gasteiger partial charge in [0.25, 0.3) is 0 Å². The van der Waals surface area contributed by atoms with E-state index in [-0.39, 0.29) is 5.82 Å². The third kappa shape index (κ3) is 3.32. The zero-order chi connectivity index (χ0) is 13.8. The van der Waals surface area contributed by atoms with E-state index in [2.05, 4.69) is 4.98 Å². The Kier molecular flexibility index (Phi) is 4.17. The standard InChI is InChI=1S/C15H14ClFN2/c1-19(2)12-8-6-11(18-10-12)7-9-13-14(16)4-3-5-15(13)17/h3-10H,1-2H3/b9-7+. The predicted molar refractivity (Wildman–Crippen MR) is 78.9 cm³/mol. The van der Waals surface area contributed by atoms with Crippen LogP contribution in [0.1, 0.15) is 11.3 Å². The van der Waals surface area contributed by atoms with Gasteiger partial charge in [0.15, 0.2) is 0 Å². The van der Waals surface area contributed by atoms with Crippen molar-refractivity contribution in [3.63, 3.8) is 0 Å². The molecular weight excluding hydrogens is 263 g/mol. The number of pyridine rings is 1. The van der Waals surface area contributed by atoms with Gasteiger partial charge in [0.1, 0.15) is 5.82 Å². The lowest BCUT2D eigenvalue weighted by Gasteiger charge is -2.11. The van der Waals surface area contributed by atoms with Crippen LogP contribution in [0.25, 0.3) is 12.2 Å². The molecule has 0 radical (unpaired) electrons. The van der Waals surface area contributed by atoms with Gasteiger partial charge in [0.05, 0.1) is 22.6 Å². The molecule has 0 aliphatic heterocycles. The summed E-state index contributed by atoms with van der Waals surface area (Å²) in [4.78, 5) is 6.25. The van der Waals surface area contributed by atoms with Crippen LogP contribution in [0.4, 0.5) is 10.1 Å². The molecule has 0 atom stereocenters. The van der Waals surface area contributed by atoms with Crippen molar-refractivity contribution in [2.75, 3.05) is 19.0 Å². The van der Waals surface area contributed by atoms with Gasteiger partial charge in [-0.2, -0.15) is 0 Å². The molecule has 2 nitrogen and oxygen atoms in total. The van der Waals surface area contributed by atoms with Crippen molar-refractivity contribution in [2.45, 2.75) is 0 Å². The van der Waals surface area contributed by atoms with Gasteiger partial charge in [-0.1, -0.05) is 17.7 Å². The highest BCUT2D eigenvalue weighted by Crippen LogP contribution is 2.21. The number of aromatic nitrogens is 1. The van der Waals surface area contributed by atoms with Crippen molar-refractivity contribution >= 4 is 29.4 Å². The smallest absolute Gasteiger partial charge is 0.131 e. The van der Waals surface area contributed by atoms with E-state index in [1.54, 1.807) is 30.5 Å². The molecule has 98 valence electrons. The van der Waals surface area contributed by atoms with Gasteiger partial charge in [0.2, 0.25) is 0 Å². The van der Waals surface area contributed by atoms with E-state index in [1.165, 1.54) is 6.07 Å². The molecule has 0 spiro atoms. The molecule has 0 bridgehead atoms. The van der Waals surface area contributed by atoms with Crippen LogP contribution >= 0.6 is 11.6 Å². The second kappa shape index (κ2) is 5.85. The van der Waals surface area contributed by atoms with Crippen LogP contribution in [0.3, 0.4) is 0 Å². The van der Waals surface area contributed by atoms with E-state index in [0.717, 1.165) is 11.4 Å². The Balaban J connectivity index is 2.23. The molecule has 2 aromatic rings. The molecule has 19 heavy (non-hydrogen) atoms. The average Bonchev–Trinajstić information content (AvgIpc) is 2.38. The molecule has 0 aliphatic rings. The van der Waals surface area contributed by atoms with E-state index in [1.807, 2.05) is 31.1 Å². The molecule has 1 aromatic carbocycles. The maximum absolute atomic E-state index is 13.6. The summed E-state index contributed by atoms with van der Waals surface area (Å²) in [5.41, 5.74) is 2.15. The van der Waals surface area contributed by atoms with Crippen molar-refractivity contribution in [2.24, 2.45) is 0 Å². The van der Waals surface area contributed by atoms with E-state index in [9.17, 15) is 4.39 Å². The Morgan fingerprint density at radius 2 is 1.95 bits per heavy atom. The van der Waals surface area contributed by atoms with Gasteiger partial charge in [0, 0.05) is 19.7 Å². The summed E-state index contributed by atoms with van der Waals surface area (Å²) < 4.78 is 13.6. The molecule has 1 aromatic heterocycles. The summed E-state index contributed by atoms with van der Waals surface area (Å²) >= 11 is 5.94. The molecule has 0 unspecified atom stereocenters. The Morgan fingerprint density at radius 1 is 1.16 bits per heavy atom. The van der Waals surface area contributed by atoms with Gasteiger partial charge in [-0.15, -0.1) is 0 Å². The van der Waals surface area contributed by atoms with E-state index < -0.39 is 0 Å². The number of nitrogens with zero attached hydrogens (tertiary/aromatic N) is 2. The monoisotopic (exact) mass is 276 g/mol. The molecule has 0 saturated carbocycles. The molecule has 4 heteroatoms. The highest BCUT2D eigenvalue weighted by Gasteiger charge is 2.02. The highest BCUT2D eigenvalue weighted by atomic mass is 35.5. The molecule has 0 aliphatic carbocycles. The second-order valence-electron chi connectivity index (χ2n) is 4.30. The largest absolute Gasteiger partial charge is 0.376 e. The van der Waals surface area contributed by atoms with Gasteiger partial charge in [-0.05, 0) is 36.4 Å². The van der Waals surface area contributed by atoms with Crippen LogP contribution in [-0.2, 0) is 0 Å².